The molecular weight excluding hydrogens is 411 g/mol. The van der Waals surface area contributed by atoms with Crippen LogP contribution in [0.1, 0.15) is 12.5 Å². The Morgan fingerprint density at radius 3 is 2.85 bits per heavy atom. The Bertz CT molecular complexity index is 791. The highest BCUT2D eigenvalue weighted by atomic mass is 79.9. The molecule has 0 fully saturated rings. The smallest absolute Gasteiger partial charge is 0.337 e. The van der Waals surface area contributed by atoms with Crippen molar-refractivity contribution >= 4 is 40.0 Å². The van der Waals surface area contributed by atoms with E-state index in [9.17, 15) is 18.8 Å². The summed E-state index contributed by atoms with van der Waals surface area (Å²) in [6.45, 7) is 1.46. The van der Waals surface area contributed by atoms with Crippen molar-refractivity contribution < 1.29 is 28.2 Å². The van der Waals surface area contributed by atoms with Gasteiger partial charge in [-0.3, -0.25) is 0 Å². The molecule has 2 rings (SSSR count). The van der Waals surface area contributed by atoms with Crippen LogP contribution in [0.3, 0.4) is 0 Å². The first-order valence-corrected chi connectivity index (χ1v) is 8.44. The van der Waals surface area contributed by atoms with Gasteiger partial charge < -0.3 is 20.1 Å². The first kappa shape index (κ1) is 19.6. The van der Waals surface area contributed by atoms with E-state index in [-0.39, 0.29) is 36.6 Å². The van der Waals surface area contributed by atoms with E-state index in [1.807, 2.05) is 0 Å². The second-order valence-electron chi connectivity index (χ2n) is 5.09. The van der Waals surface area contributed by atoms with Gasteiger partial charge in [0, 0.05) is 16.1 Å². The molecule has 1 heterocycles. The highest BCUT2D eigenvalue weighted by molar-refractivity contribution is 9.10. The lowest BCUT2D eigenvalue weighted by molar-refractivity contribution is -0.140. The second-order valence-corrected chi connectivity index (χ2v) is 6.01. The lowest BCUT2D eigenvalue weighted by Crippen LogP contribution is -2.45. The van der Waals surface area contributed by atoms with Crippen LogP contribution in [-0.4, -0.2) is 37.7 Å². The van der Waals surface area contributed by atoms with Crippen LogP contribution in [0.2, 0.25) is 0 Å². The Morgan fingerprint density at radius 1 is 1.35 bits per heavy atom. The zero-order valence-corrected chi connectivity index (χ0v) is 15.4. The molecule has 1 aromatic rings. The number of amides is 2. The van der Waals surface area contributed by atoms with Crippen LogP contribution >= 0.6 is 15.9 Å². The Morgan fingerprint density at radius 2 is 2.12 bits per heavy atom. The van der Waals surface area contributed by atoms with Crippen LogP contribution in [0.5, 0.6) is 0 Å². The molecule has 1 aromatic carbocycles. The lowest BCUT2D eigenvalue weighted by Gasteiger charge is -2.20. The molecule has 0 bridgehead atoms. The number of esters is 2. The molecule has 0 unspecified atom stereocenters. The summed E-state index contributed by atoms with van der Waals surface area (Å²) in [6.07, 6.45) is 2.32. The van der Waals surface area contributed by atoms with E-state index in [1.54, 1.807) is 6.92 Å². The molecule has 0 saturated carbocycles. The Hall–Kier alpha value is -2.68. The van der Waals surface area contributed by atoms with E-state index in [2.05, 4.69) is 26.6 Å². The summed E-state index contributed by atoms with van der Waals surface area (Å²) in [5, 5.41) is 4.85. The van der Waals surface area contributed by atoms with Crippen molar-refractivity contribution in [2.45, 2.75) is 6.92 Å². The maximum Gasteiger partial charge on any atom is 0.337 e. The quantitative estimate of drug-likeness (QED) is 0.537. The summed E-state index contributed by atoms with van der Waals surface area (Å²) in [5.74, 6) is -1.86. The number of carbonyl (C=O) groups is 3. The third-order valence-electron chi connectivity index (χ3n) is 3.29. The van der Waals surface area contributed by atoms with Crippen molar-refractivity contribution in [1.29, 1.82) is 0 Å². The summed E-state index contributed by atoms with van der Waals surface area (Å²) in [4.78, 5) is 35.1. The standard InChI is InChI=1S/C17H16BrFN2O5/c1-2-25-16(23)12-8-20-17(24)21-14(12)9-26-15(22)6-3-10-7-11(18)4-5-13(10)19/h3-7H,2,8-9H2,1H3,(H2,20,21,24)/b6-3+. The van der Waals surface area contributed by atoms with Crippen molar-refractivity contribution in [2.24, 2.45) is 0 Å². The number of halogens is 2. The van der Waals surface area contributed by atoms with Crippen LogP contribution in [-0.2, 0) is 19.1 Å². The molecule has 0 saturated heterocycles. The zero-order valence-electron chi connectivity index (χ0n) is 13.8. The van der Waals surface area contributed by atoms with Gasteiger partial charge in [0.2, 0.25) is 0 Å². The summed E-state index contributed by atoms with van der Waals surface area (Å²) in [7, 11) is 0. The van der Waals surface area contributed by atoms with Crippen LogP contribution in [0, 0.1) is 5.82 Å². The largest absolute Gasteiger partial charge is 0.463 e. The van der Waals surface area contributed by atoms with Crippen molar-refractivity contribution in [3.63, 3.8) is 0 Å². The van der Waals surface area contributed by atoms with Gasteiger partial charge in [0.1, 0.15) is 12.4 Å². The third-order valence-corrected chi connectivity index (χ3v) is 3.79. The number of carbonyl (C=O) groups excluding carboxylic acids is 3. The maximum atomic E-state index is 13.6. The molecule has 26 heavy (non-hydrogen) atoms. The monoisotopic (exact) mass is 426 g/mol. The maximum absolute atomic E-state index is 13.6. The zero-order chi connectivity index (χ0) is 19.1. The van der Waals surface area contributed by atoms with E-state index < -0.39 is 23.8 Å². The molecule has 1 aliphatic heterocycles. The lowest BCUT2D eigenvalue weighted by atomic mass is 10.1. The van der Waals surface area contributed by atoms with Crippen LogP contribution in [0.4, 0.5) is 9.18 Å². The van der Waals surface area contributed by atoms with E-state index >= 15 is 0 Å². The van der Waals surface area contributed by atoms with E-state index in [0.29, 0.717) is 4.47 Å². The average molecular weight is 427 g/mol. The van der Waals surface area contributed by atoms with Gasteiger partial charge in [-0.15, -0.1) is 0 Å². The fourth-order valence-corrected chi connectivity index (χ4v) is 2.44. The van der Waals surface area contributed by atoms with Crippen molar-refractivity contribution in [3.05, 3.63) is 51.4 Å². The highest BCUT2D eigenvalue weighted by Crippen LogP contribution is 2.17. The topological polar surface area (TPSA) is 93.7 Å². The fraction of sp³-hybridized carbons (Fsp3) is 0.235. The van der Waals surface area contributed by atoms with E-state index in [0.717, 1.165) is 6.08 Å². The third kappa shape index (κ3) is 5.41. The molecule has 0 spiro atoms. The molecule has 2 N–H and O–H groups in total. The van der Waals surface area contributed by atoms with Crippen molar-refractivity contribution in [3.8, 4) is 0 Å². The molecule has 0 radical (unpaired) electrons. The van der Waals surface area contributed by atoms with Gasteiger partial charge in [-0.1, -0.05) is 15.9 Å². The number of ether oxygens (including phenoxy) is 2. The summed E-state index contributed by atoms with van der Waals surface area (Å²) in [5.41, 5.74) is 0.516. The minimum Gasteiger partial charge on any atom is -0.463 e. The van der Waals surface area contributed by atoms with E-state index in [4.69, 9.17) is 9.47 Å². The van der Waals surface area contributed by atoms with Gasteiger partial charge in [0.05, 0.1) is 24.4 Å². The molecule has 0 aromatic heterocycles. The molecule has 0 atom stereocenters. The van der Waals surface area contributed by atoms with Gasteiger partial charge in [0.25, 0.3) is 0 Å². The fourth-order valence-electron chi connectivity index (χ4n) is 2.06. The number of hydrogen-bond donors (Lipinski definition) is 2. The molecular formula is C17H16BrFN2O5. The predicted octanol–water partition coefficient (Wildman–Crippen LogP) is 2.27. The molecule has 2 amide bonds. The SMILES string of the molecule is CCOC(=O)C1=C(COC(=O)/C=C/c2cc(Br)ccc2F)NC(=O)NC1. The minimum atomic E-state index is -0.757. The van der Waals surface area contributed by atoms with Gasteiger partial charge in [-0.25, -0.2) is 18.8 Å². The van der Waals surface area contributed by atoms with Gasteiger partial charge in [-0.05, 0) is 31.2 Å². The number of nitrogens with one attached hydrogen (secondary N) is 2. The molecule has 9 heteroatoms. The Labute approximate surface area is 157 Å². The number of benzene rings is 1. The van der Waals surface area contributed by atoms with Crippen LogP contribution < -0.4 is 10.6 Å². The second kappa shape index (κ2) is 9.14. The number of hydrogen-bond acceptors (Lipinski definition) is 5. The summed E-state index contributed by atoms with van der Waals surface area (Å²) in [6, 6.07) is 3.79. The highest BCUT2D eigenvalue weighted by Gasteiger charge is 2.24. The average Bonchev–Trinajstić information content (AvgIpc) is 2.61. The molecule has 1 aliphatic rings. The Balaban J connectivity index is 2.04. The van der Waals surface area contributed by atoms with Crippen LogP contribution in [0.25, 0.3) is 6.08 Å². The normalized spacial score (nSPS) is 14.0. The minimum absolute atomic E-state index is 0.0311. The van der Waals surface area contributed by atoms with E-state index in [1.165, 1.54) is 24.3 Å². The summed E-state index contributed by atoms with van der Waals surface area (Å²) < 4.78 is 24.2. The molecule has 0 aliphatic carbocycles. The van der Waals surface area contributed by atoms with Crippen molar-refractivity contribution in [2.75, 3.05) is 19.8 Å². The number of urea groups is 1. The number of rotatable bonds is 6. The Kier molecular flexibility index (Phi) is 6.90. The predicted molar refractivity (Wildman–Crippen MR) is 94.3 cm³/mol. The van der Waals surface area contributed by atoms with Crippen LogP contribution in [0.15, 0.2) is 40.0 Å². The summed E-state index contributed by atoms with van der Waals surface area (Å²) >= 11 is 3.21. The first-order chi connectivity index (χ1) is 12.4. The first-order valence-electron chi connectivity index (χ1n) is 7.64. The van der Waals surface area contributed by atoms with Crippen molar-refractivity contribution in [1.82, 2.24) is 10.6 Å². The van der Waals surface area contributed by atoms with Gasteiger partial charge in [-0.2, -0.15) is 0 Å². The van der Waals surface area contributed by atoms with Gasteiger partial charge in [0.15, 0.2) is 0 Å². The molecule has 138 valence electrons. The molecule has 7 nitrogen and oxygen atoms in total. The van der Waals surface area contributed by atoms with Gasteiger partial charge >= 0.3 is 18.0 Å².